The Morgan fingerprint density at radius 2 is 1.77 bits per heavy atom. The number of piperidine rings is 1. The predicted molar refractivity (Wildman–Crippen MR) is 136 cm³/mol. The summed E-state index contributed by atoms with van der Waals surface area (Å²) in [6, 6.07) is 12.4. The largest absolute Gasteiger partial charge is 0.457 e. The minimum Gasteiger partial charge on any atom is -0.457 e. The van der Waals surface area contributed by atoms with E-state index >= 15 is 0 Å². The Bertz CT molecular complexity index is 1360. The van der Waals surface area contributed by atoms with Crippen LogP contribution in [0.3, 0.4) is 0 Å². The summed E-state index contributed by atoms with van der Waals surface area (Å²) >= 11 is 0. The van der Waals surface area contributed by atoms with Crippen molar-refractivity contribution in [2.45, 2.75) is 25.8 Å². The van der Waals surface area contributed by atoms with Crippen molar-refractivity contribution < 1.29 is 9.53 Å². The lowest BCUT2D eigenvalue weighted by atomic mass is 10.1. The van der Waals surface area contributed by atoms with Gasteiger partial charge in [0.05, 0.1) is 17.2 Å². The van der Waals surface area contributed by atoms with Gasteiger partial charge in [-0.2, -0.15) is 0 Å². The van der Waals surface area contributed by atoms with Crippen molar-refractivity contribution >= 4 is 23.3 Å². The highest BCUT2D eigenvalue weighted by Crippen LogP contribution is 2.29. The SMILES string of the molecule is C=CC.Nc1nccc2c1n(-c1ccc(Oc3ccncc3)cc1)c(=O)n2C1CCCN(C=O)C1. The third kappa shape index (κ3) is 4.93. The fourth-order valence-corrected chi connectivity index (χ4v) is 4.28. The Morgan fingerprint density at radius 1 is 1.09 bits per heavy atom. The van der Waals surface area contributed by atoms with E-state index in [9.17, 15) is 9.59 Å². The van der Waals surface area contributed by atoms with Gasteiger partial charge in [0.15, 0.2) is 0 Å². The van der Waals surface area contributed by atoms with Crippen LogP contribution in [0.15, 0.2) is 78.5 Å². The summed E-state index contributed by atoms with van der Waals surface area (Å²) in [6.07, 6.45) is 9.15. The van der Waals surface area contributed by atoms with Crippen molar-refractivity contribution in [3.63, 3.8) is 0 Å². The molecule has 4 heterocycles. The molecule has 1 unspecified atom stereocenters. The van der Waals surface area contributed by atoms with E-state index < -0.39 is 0 Å². The van der Waals surface area contributed by atoms with Gasteiger partial charge in [-0.1, -0.05) is 6.08 Å². The zero-order valence-corrected chi connectivity index (χ0v) is 19.6. The Labute approximate surface area is 203 Å². The van der Waals surface area contributed by atoms with Gasteiger partial charge < -0.3 is 15.4 Å². The molecule has 4 aromatic rings. The number of carbonyl (C=O) groups is 1. The molecule has 1 aliphatic heterocycles. The number of imidazole rings is 1. The molecule has 9 heteroatoms. The van der Waals surface area contributed by atoms with Gasteiger partial charge in [0.2, 0.25) is 6.41 Å². The number of allylic oxidation sites excluding steroid dienone is 1. The van der Waals surface area contributed by atoms with Gasteiger partial charge in [0.1, 0.15) is 22.8 Å². The van der Waals surface area contributed by atoms with Crippen LogP contribution in [0.4, 0.5) is 5.82 Å². The molecule has 180 valence electrons. The number of anilines is 1. The van der Waals surface area contributed by atoms with Crippen molar-refractivity contribution in [3.8, 4) is 17.2 Å². The molecule has 0 aliphatic carbocycles. The highest BCUT2D eigenvalue weighted by molar-refractivity contribution is 5.87. The molecule has 1 aromatic carbocycles. The molecule has 1 fully saturated rings. The fourth-order valence-electron chi connectivity index (χ4n) is 4.28. The number of nitrogen functional groups attached to an aromatic ring is 1. The summed E-state index contributed by atoms with van der Waals surface area (Å²) < 4.78 is 9.14. The summed E-state index contributed by atoms with van der Waals surface area (Å²) in [5, 5.41) is 0. The highest BCUT2D eigenvalue weighted by Gasteiger charge is 2.26. The standard InChI is InChI=1S/C23H22N6O3.C3H6/c24-22-21-20(9-12-26-22)28(17-2-1-13-27(14-17)15-30)23(31)29(21)16-3-5-18(6-4-16)32-19-7-10-25-11-8-19;1-3-2/h3-12,15,17H,1-2,13-14H2,(H2,24,26);3H,1H2,2H3. The van der Waals surface area contributed by atoms with Crippen LogP contribution in [0.2, 0.25) is 0 Å². The molecule has 5 rings (SSSR count). The number of amides is 1. The first-order chi connectivity index (χ1) is 17.1. The van der Waals surface area contributed by atoms with Gasteiger partial charge >= 0.3 is 5.69 Å². The topological polar surface area (TPSA) is 108 Å². The molecule has 0 radical (unpaired) electrons. The van der Waals surface area contributed by atoms with Crippen molar-refractivity contribution in [1.82, 2.24) is 24.0 Å². The quantitative estimate of drug-likeness (QED) is 0.348. The molecule has 35 heavy (non-hydrogen) atoms. The third-order valence-electron chi connectivity index (χ3n) is 5.73. The molecule has 0 saturated carbocycles. The molecule has 2 N–H and O–H groups in total. The van der Waals surface area contributed by atoms with Crippen LogP contribution in [-0.4, -0.2) is 43.5 Å². The highest BCUT2D eigenvalue weighted by atomic mass is 16.5. The molecular weight excluding hydrogens is 444 g/mol. The van der Waals surface area contributed by atoms with E-state index in [0.717, 1.165) is 19.3 Å². The fraction of sp³-hybridized carbons (Fsp3) is 0.231. The van der Waals surface area contributed by atoms with Gasteiger partial charge in [0.25, 0.3) is 0 Å². The number of benzene rings is 1. The molecule has 3 aromatic heterocycles. The van der Waals surface area contributed by atoms with E-state index in [1.165, 1.54) is 0 Å². The molecule has 0 bridgehead atoms. The van der Waals surface area contributed by atoms with Gasteiger partial charge in [-0.25, -0.2) is 9.78 Å². The Balaban J connectivity index is 0.000000917. The van der Waals surface area contributed by atoms with Crippen molar-refractivity contribution in [2.24, 2.45) is 0 Å². The first-order valence-electron chi connectivity index (χ1n) is 11.4. The van der Waals surface area contributed by atoms with Crippen LogP contribution < -0.4 is 16.2 Å². The number of aromatic nitrogens is 4. The average molecular weight is 473 g/mol. The lowest BCUT2D eigenvalue weighted by molar-refractivity contribution is -0.119. The second-order valence-electron chi connectivity index (χ2n) is 8.14. The maximum Gasteiger partial charge on any atom is 0.334 e. The maximum absolute atomic E-state index is 13.6. The van der Waals surface area contributed by atoms with E-state index in [0.29, 0.717) is 41.3 Å². The van der Waals surface area contributed by atoms with E-state index in [2.05, 4.69) is 16.5 Å². The molecule has 1 amide bonds. The Morgan fingerprint density at radius 3 is 2.46 bits per heavy atom. The van der Waals surface area contributed by atoms with Gasteiger partial charge in [0, 0.05) is 31.7 Å². The van der Waals surface area contributed by atoms with Gasteiger partial charge in [-0.3, -0.25) is 18.9 Å². The smallest absolute Gasteiger partial charge is 0.334 e. The van der Waals surface area contributed by atoms with Crippen molar-refractivity contribution in [1.29, 1.82) is 0 Å². The van der Waals surface area contributed by atoms with Crippen molar-refractivity contribution in [2.75, 3.05) is 18.8 Å². The van der Waals surface area contributed by atoms with Crippen LogP contribution in [0, 0.1) is 0 Å². The van der Waals surface area contributed by atoms with Crippen LogP contribution in [-0.2, 0) is 4.79 Å². The second-order valence-corrected chi connectivity index (χ2v) is 8.14. The Hall–Kier alpha value is -4.40. The zero-order chi connectivity index (χ0) is 24.8. The number of nitrogens with zero attached hydrogens (tertiary/aromatic N) is 5. The van der Waals surface area contributed by atoms with Gasteiger partial charge in [-0.05, 0) is 62.2 Å². The average Bonchev–Trinajstić information content (AvgIpc) is 3.18. The number of fused-ring (bicyclic) bond motifs is 1. The maximum atomic E-state index is 13.6. The van der Waals surface area contributed by atoms with Crippen LogP contribution >= 0.6 is 0 Å². The molecule has 1 aliphatic rings. The summed E-state index contributed by atoms with van der Waals surface area (Å²) in [7, 11) is 0. The number of pyridine rings is 2. The van der Waals surface area contributed by atoms with Crippen molar-refractivity contribution in [3.05, 3.63) is 84.2 Å². The summed E-state index contributed by atoms with van der Waals surface area (Å²) in [5.41, 5.74) is 7.92. The van der Waals surface area contributed by atoms with Crippen LogP contribution in [0.5, 0.6) is 11.5 Å². The number of ether oxygens (including phenoxy) is 1. The lowest BCUT2D eigenvalue weighted by Gasteiger charge is -2.30. The zero-order valence-electron chi connectivity index (χ0n) is 19.6. The number of nitrogens with two attached hydrogens (primary N) is 1. The number of likely N-dealkylation sites (tertiary alicyclic amines) is 1. The predicted octanol–water partition coefficient (Wildman–Crippen LogP) is 3.94. The Kier molecular flexibility index (Phi) is 7.25. The number of rotatable bonds is 5. The first-order valence-corrected chi connectivity index (χ1v) is 11.4. The summed E-state index contributed by atoms with van der Waals surface area (Å²) in [5.74, 6) is 1.59. The normalized spacial score (nSPS) is 15.2. The number of carbonyl (C=O) groups excluding carboxylic acids is 1. The first kappa shape index (κ1) is 23.7. The summed E-state index contributed by atoms with van der Waals surface area (Å²) in [4.78, 5) is 34.8. The number of hydrogen-bond acceptors (Lipinski definition) is 6. The third-order valence-corrected chi connectivity index (χ3v) is 5.73. The van der Waals surface area contributed by atoms with Crippen LogP contribution in [0.1, 0.15) is 25.8 Å². The molecule has 1 atom stereocenters. The molecule has 1 saturated heterocycles. The molecule has 9 nitrogen and oxygen atoms in total. The van der Waals surface area contributed by atoms with Gasteiger partial charge in [-0.15, -0.1) is 6.58 Å². The van der Waals surface area contributed by atoms with Crippen LogP contribution in [0.25, 0.3) is 16.7 Å². The van der Waals surface area contributed by atoms with E-state index in [4.69, 9.17) is 10.5 Å². The minimum absolute atomic E-state index is 0.124. The second kappa shape index (κ2) is 10.7. The van der Waals surface area contributed by atoms with E-state index in [-0.39, 0.29) is 17.5 Å². The van der Waals surface area contributed by atoms with E-state index in [1.54, 1.807) is 69.0 Å². The lowest BCUT2D eigenvalue weighted by Crippen LogP contribution is -2.39. The number of hydrogen-bond donors (Lipinski definition) is 1. The van der Waals surface area contributed by atoms with E-state index in [1.807, 2.05) is 19.1 Å². The summed E-state index contributed by atoms with van der Waals surface area (Å²) in [6.45, 7) is 6.44. The monoisotopic (exact) mass is 472 g/mol. The minimum atomic E-state index is -0.208. The molecular formula is C26H28N6O3. The molecule has 0 spiro atoms.